The molecule has 3 aromatic rings. The molecule has 0 saturated heterocycles. The van der Waals surface area contributed by atoms with Crippen molar-refractivity contribution in [1.82, 2.24) is 0 Å². The van der Waals surface area contributed by atoms with Gasteiger partial charge in [0.1, 0.15) is 0 Å². The molecule has 6 heteroatoms. The number of benzene rings is 3. The Morgan fingerprint density at radius 3 is 2.35 bits per heavy atom. The molecular formula is C28H24Cl2N2O2. The van der Waals surface area contributed by atoms with E-state index in [9.17, 15) is 9.59 Å². The summed E-state index contributed by atoms with van der Waals surface area (Å²) in [7, 11) is 0. The van der Waals surface area contributed by atoms with Gasteiger partial charge in [-0.05, 0) is 54.7 Å². The Morgan fingerprint density at radius 1 is 0.941 bits per heavy atom. The molecule has 2 aliphatic rings. The molecular weight excluding hydrogens is 467 g/mol. The van der Waals surface area contributed by atoms with Crippen LogP contribution in [-0.2, 0) is 9.59 Å². The van der Waals surface area contributed by atoms with E-state index in [-0.39, 0.29) is 17.6 Å². The molecule has 2 atom stereocenters. The van der Waals surface area contributed by atoms with E-state index in [2.05, 4.69) is 5.32 Å². The highest BCUT2D eigenvalue weighted by atomic mass is 35.5. The summed E-state index contributed by atoms with van der Waals surface area (Å²) in [4.78, 5) is 28.6. The number of carbonyl (C=O) groups is 2. The van der Waals surface area contributed by atoms with Crippen molar-refractivity contribution in [2.45, 2.75) is 38.6 Å². The summed E-state index contributed by atoms with van der Waals surface area (Å²) in [5.41, 5.74) is 6.06. The quantitative estimate of drug-likeness (QED) is 0.412. The fraction of sp³-hybridized carbons (Fsp3) is 0.214. The third-order valence-corrected chi connectivity index (χ3v) is 7.38. The first-order chi connectivity index (χ1) is 16.3. The highest BCUT2D eigenvalue weighted by Gasteiger charge is 2.40. The molecule has 34 heavy (non-hydrogen) atoms. The number of allylic oxidation sites excluding steroid dienone is 1. The number of hydrogen-bond acceptors (Lipinski definition) is 3. The highest BCUT2D eigenvalue weighted by Crippen LogP contribution is 2.47. The molecule has 1 aliphatic carbocycles. The summed E-state index contributed by atoms with van der Waals surface area (Å²) in [6.45, 7) is 3.57. The molecule has 0 fully saturated rings. The second-order valence-electron chi connectivity index (χ2n) is 8.94. The van der Waals surface area contributed by atoms with E-state index in [1.54, 1.807) is 17.9 Å². The Morgan fingerprint density at radius 2 is 1.65 bits per heavy atom. The number of anilines is 2. The summed E-state index contributed by atoms with van der Waals surface area (Å²) < 4.78 is 0. The van der Waals surface area contributed by atoms with Gasteiger partial charge in [-0.1, -0.05) is 71.2 Å². The van der Waals surface area contributed by atoms with Crippen molar-refractivity contribution in [3.8, 4) is 0 Å². The van der Waals surface area contributed by atoms with Crippen LogP contribution in [0.25, 0.3) is 0 Å². The lowest BCUT2D eigenvalue weighted by Gasteiger charge is -2.34. The van der Waals surface area contributed by atoms with Gasteiger partial charge in [0.2, 0.25) is 5.91 Å². The van der Waals surface area contributed by atoms with Crippen LogP contribution in [-0.4, -0.2) is 11.7 Å². The monoisotopic (exact) mass is 490 g/mol. The number of aryl methyl sites for hydroxylation is 1. The van der Waals surface area contributed by atoms with Crippen LogP contribution in [0.2, 0.25) is 10.0 Å². The number of nitrogens with one attached hydrogen (secondary N) is 1. The predicted molar refractivity (Wildman–Crippen MR) is 138 cm³/mol. The van der Waals surface area contributed by atoms with Crippen LogP contribution in [0.5, 0.6) is 0 Å². The van der Waals surface area contributed by atoms with Crippen LogP contribution in [0, 0.1) is 6.92 Å². The smallest absolute Gasteiger partial charge is 0.224 e. The molecule has 0 saturated carbocycles. The van der Waals surface area contributed by atoms with E-state index >= 15 is 0 Å². The minimum Gasteiger partial charge on any atom is -0.357 e. The summed E-state index contributed by atoms with van der Waals surface area (Å²) in [5, 5.41) is 4.49. The summed E-state index contributed by atoms with van der Waals surface area (Å²) >= 11 is 12.4. The van der Waals surface area contributed by atoms with Crippen LogP contribution in [0.1, 0.15) is 48.4 Å². The number of nitrogens with zero attached hydrogens (tertiary/aromatic N) is 1. The lowest BCUT2D eigenvalue weighted by Crippen LogP contribution is -2.37. The van der Waals surface area contributed by atoms with Crippen LogP contribution in [0.3, 0.4) is 0 Å². The molecule has 1 heterocycles. The Balaban J connectivity index is 1.68. The number of amides is 1. The highest BCUT2D eigenvalue weighted by molar-refractivity contribution is 6.42. The van der Waals surface area contributed by atoms with Gasteiger partial charge in [-0.2, -0.15) is 0 Å². The molecule has 4 nitrogen and oxygen atoms in total. The first-order valence-corrected chi connectivity index (χ1v) is 12.0. The summed E-state index contributed by atoms with van der Waals surface area (Å²) in [5.74, 6) is -0.134. The molecule has 5 rings (SSSR count). The van der Waals surface area contributed by atoms with Crippen molar-refractivity contribution >= 4 is 46.3 Å². The number of hydrogen-bond donors (Lipinski definition) is 1. The third kappa shape index (κ3) is 4.02. The summed E-state index contributed by atoms with van der Waals surface area (Å²) in [6.07, 6.45) is 0.963. The predicted octanol–water partition coefficient (Wildman–Crippen LogP) is 7.22. The van der Waals surface area contributed by atoms with Gasteiger partial charge in [-0.3, -0.25) is 14.5 Å². The van der Waals surface area contributed by atoms with Crippen LogP contribution in [0.15, 0.2) is 78.0 Å². The SMILES string of the molecule is CC(=O)N1c2ccccc2NC2=C(C(=O)CC(c3ccc(Cl)c(Cl)c3)C2)C1c1ccc(C)cc1. The maximum atomic E-state index is 13.8. The van der Waals surface area contributed by atoms with E-state index in [1.807, 2.05) is 67.6 Å². The third-order valence-electron chi connectivity index (χ3n) is 6.64. The molecule has 1 aliphatic heterocycles. The molecule has 0 spiro atoms. The van der Waals surface area contributed by atoms with E-state index in [0.29, 0.717) is 28.5 Å². The van der Waals surface area contributed by atoms with Crippen molar-refractivity contribution in [1.29, 1.82) is 0 Å². The fourth-order valence-corrected chi connectivity index (χ4v) is 5.31. The van der Waals surface area contributed by atoms with Crippen LogP contribution < -0.4 is 10.2 Å². The van der Waals surface area contributed by atoms with Crippen molar-refractivity contribution < 1.29 is 9.59 Å². The zero-order valence-corrected chi connectivity index (χ0v) is 20.5. The molecule has 172 valence electrons. The van der Waals surface area contributed by atoms with Gasteiger partial charge >= 0.3 is 0 Å². The number of rotatable bonds is 2. The average molecular weight is 491 g/mol. The van der Waals surface area contributed by atoms with Gasteiger partial charge in [-0.15, -0.1) is 0 Å². The number of Topliss-reactive ketones (excluding diaryl/α,β-unsaturated/α-hetero) is 1. The Labute approximate surface area is 209 Å². The number of halogens is 2. The number of ketones is 1. The van der Waals surface area contributed by atoms with E-state index in [1.165, 1.54) is 0 Å². The lowest BCUT2D eigenvalue weighted by atomic mass is 9.78. The number of para-hydroxylation sites is 2. The molecule has 1 amide bonds. The molecule has 0 aromatic heterocycles. The molecule has 3 aromatic carbocycles. The normalized spacial score (nSPS) is 19.8. The van der Waals surface area contributed by atoms with Gasteiger partial charge in [-0.25, -0.2) is 0 Å². The average Bonchev–Trinajstić information content (AvgIpc) is 2.96. The van der Waals surface area contributed by atoms with Crippen molar-refractivity contribution in [2.24, 2.45) is 0 Å². The number of fused-ring (bicyclic) bond motifs is 1. The topological polar surface area (TPSA) is 49.4 Å². The zero-order valence-electron chi connectivity index (χ0n) is 18.9. The molecule has 0 radical (unpaired) electrons. The van der Waals surface area contributed by atoms with E-state index in [4.69, 9.17) is 23.2 Å². The number of carbonyl (C=O) groups excluding carboxylic acids is 2. The summed E-state index contributed by atoms with van der Waals surface area (Å²) in [6, 6.07) is 20.8. The molecule has 0 bridgehead atoms. The van der Waals surface area contributed by atoms with Gasteiger partial charge in [0.25, 0.3) is 0 Å². The van der Waals surface area contributed by atoms with Crippen molar-refractivity contribution in [3.63, 3.8) is 0 Å². The molecule has 2 unspecified atom stereocenters. The maximum absolute atomic E-state index is 13.8. The van der Waals surface area contributed by atoms with E-state index in [0.717, 1.165) is 33.8 Å². The fourth-order valence-electron chi connectivity index (χ4n) is 5.00. The van der Waals surface area contributed by atoms with Crippen molar-refractivity contribution in [2.75, 3.05) is 10.2 Å². The zero-order chi connectivity index (χ0) is 24.0. The van der Waals surface area contributed by atoms with Crippen molar-refractivity contribution in [3.05, 3.63) is 105 Å². The standard InChI is InChI=1S/C28H24Cl2N2O2/c1-16-7-9-18(10-8-16)28-27-24(31-23-5-3-4-6-25(23)32(28)17(2)33)14-20(15-26(27)34)19-11-12-21(29)22(30)13-19/h3-13,20,28,31H,14-15H2,1-2H3. The van der Waals surface area contributed by atoms with E-state index < -0.39 is 6.04 Å². The Bertz CT molecular complexity index is 1330. The Hall–Kier alpha value is -3.08. The minimum atomic E-state index is -0.508. The van der Waals surface area contributed by atoms with Gasteiger partial charge in [0.05, 0.1) is 27.5 Å². The Kier molecular flexibility index (Phi) is 5.97. The minimum absolute atomic E-state index is 0.0226. The first kappa shape index (κ1) is 22.7. The maximum Gasteiger partial charge on any atom is 0.224 e. The van der Waals surface area contributed by atoms with Gasteiger partial charge in [0.15, 0.2) is 5.78 Å². The largest absolute Gasteiger partial charge is 0.357 e. The second-order valence-corrected chi connectivity index (χ2v) is 9.75. The lowest BCUT2D eigenvalue weighted by molar-refractivity contribution is -0.117. The van der Waals surface area contributed by atoms with Crippen LogP contribution in [0.4, 0.5) is 11.4 Å². The van der Waals surface area contributed by atoms with Gasteiger partial charge < -0.3 is 5.32 Å². The van der Waals surface area contributed by atoms with Gasteiger partial charge in [0, 0.05) is 24.6 Å². The second kappa shape index (κ2) is 8.94. The van der Waals surface area contributed by atoms with Crippen LogP contribution >= 0.6 is 23.2 Å². The first-order valence-electron chi connectivity index (χ1n) is 11.3. The molecule has 1 N–H and O–H groups in total.